The van der Waals surface area contributed by atoms with Gasteiger partial charge in [0.2, 0.25) is 0 Å². The molecule has 1 aliphatic rings. The Morgan fingerprint density at radius 3 is 1.86 bits per heavy atom. The van der Waals surface area contributed by atoms with E-state index < -0.39 is 0 Å². The van der Waals surface area contributed by atoms with Crippen LogP contribution in [0, 0.1) is 0 Å². The van der Waals surface area contributed by atoms with Crippen LogP contribution in [0.5, 0.6) is 0 Å². The highest BCUT2D eigenvalue weighted by Gasteiger charge is 2.29. The summed E-state index contributed by atoms with van der Waals surface area (Å²) in [7, 11) is 0. The molecule has 0 fully saturated rings. The van der Waals surface area contributed by atoms with E-state index in [2.05, 4.69) is 0 Å². The van der Waals surface area contributed by atoms with Gasteiger partial charge in [0, 0.05) is 40.3 Å². The lowest BCUT2D eigenvalue weighted by Crippen LogP contribution is -2.21. The first kappa shape index (κ1) is 11.9. The van der Waals surface area contributed by atoms with Crippen molar-refractivity contribution in [3.8, 4) is 5.69 Å². The van der Waals surface area contributed by atoms with Crippen molar-refractivity contribution in [1.29, 1.82) is 0 Å². The van der Waals surface area contributed by atoms with Gasteiger partial charge in [0.25, 0.3) is 0 Å². The number of rotatable bonds is 1. The monoisotopic (exact) mass is 273 g/mol. The van der Waals surface area contributed by atoms with Crippen molar-refractivity contribution in [3.05, 3.63) is 89.2 Å². The number of hydrogen-bond acceptors (Lipinski definition) is 2. The highest BCUT2D eigenvalue weighted by molar-refractivity contribution is 6.28. The van der Waals surface area contributed by atoms with Gasteiger partial charge in [0.05, 0.1) is 0 Å². The first-order valence-corrected chi connectivity index (χ1v) is 6.71. The summed E-state index contributed by atoms with van der Waals surface area (Å²) >= 11 is 0. The second-order valence-corrected chi connectivity index (χ2v) is 5.02. The van der Waals surface area contributed by atoms with Crippen LogP contribution in [0.4, 0.5) is 0 Å². The van der Waals surface area contributed by atoms with Gasteiger partial charge in [-0.05, 0) is 30.3 Å². The van der Waals surface area contributed by atoms with E-state index in [1.54, 1.807) is 36.4 Å². The standard InChI is InChI=1S/C18H11NO2/c20-17-13-5-1-2-6-14(13)18(21)16-11-12(7-8-15(16)17)19-9-3-4-10-19/h1-11H. The molecular formula is C18H11NO2. The molecule has 0 aliphatic heterocycles. The van der Waals surface area contributed by atoms with E-state index in [1.165, 1.54) is 0 Å². The zero-order chi connectivity index (χ0) is 14.4. The smallest absolute Gasteiger partial charge is 0.194 e. The fraction of sp³-hybridized carbons (Fsp3) is 0. The van der Waals surface area contributed by atoms with Gasteiger partial charge in [0.1, 0.15) is 0 Å². The van der Waals surface area contributed by atoms with Crippen molar-refractivity contribution < 1.29 is 9.59 Å². The molecule has 0 atom stereocenters. The van der Waals surface area contributed by atoms with E-state index in [9.17, 15) is 9.59 Å². The fourth-order valence-corrected chi connectivity index (χ4v) is 2.75. The summed E-state index contributed by atoms with van der Waals surface area (Å²) in [6.07, 6.45) is 3.82. The Balaban J connectivity index is 1.93. The van der Waals surface area contributed by atoms with Gasteiger partial charge in [-0.1, -0.05) is 24.3 Å². The van der Waals surface area contributed by atoms with Gasteiger partial charge < -0.3 is 4.57 Å². The molecule has 0 spiro atoms. The van der Waals surface area contributed by atoms with Gasteiger partial charge in [-0.25, -0.2) is 0 Å². The third-order valence-electron chi connectivity index (χ3n) is 3.81. The van der Waals surface area contributed by atoms with Gasteiger partial charge in [0.15, 0.2) is 11.6 Å². The molecule has 1 aromatic heterocycles. The highest BCUT2D eigenvalue weighted by Crippen LogP contribution is 2.28. The molecule has 1 heterocycles. The highest BCUT2D eigenvalue weighted by atomic mass is 16.1. The first-order chi connectivity index (χ1) is 10.3. The third kappa shape index (κ3) is 1.68. The van der Waals surface area contributed by atoms with Crippen LogP contribution in [0.2, 0.25) is 0 Å². The van der Waals surface area contributed by atoms with E-state index in [1.807, 2.05) is 35.2 Å². The number of carbonyl (C=O) groups is 2. The normalized spacial score (nSPS) is 13.0. The van der Waals surface area contributed by atoms with Crippen LogP contribution >= 0.6 is 0 Å². The minimum atomic E-state index is -0.0887. The molecule has 0 unspecified atom stereocenters. The fourth-order valence-electron chi connectivity index (χ4n) is 2.75. The van der Waals surface area contributed by atoms with Gasteiger partial charge in [-0.2, -0.15) is 0 Å². The molecule has 100 valence electrons. The van der Waals surface area contributed by atoms with E-state index in [4.69, 9.17) is 0 Å². The summed E-state index contributed by atoms with van der Waals surface area (Å²) in [6, 6.07) is 16.2. The third-order valence-corrected chi connectivity index (χ3v) is 3.81. The zero-order valence-corrected chi connectivity index (χ0v) is 11.1. The maximum atomic E-state index is 12.6. The Bertz CT molecular complexity index is 876. The topological polar surface area (TPSA) is 39.1 Å². The lowest BCUT2D eigenvalue weighted by atomic mass is 9.84. The van der Waals surface area contributed by atoms with Crippen molar-refractivity contribution in [2.75, 3.05) is 0 Å². The lowest BCUT2D eigenvalue weighted by Gasteiger charge is -2.18. The molecule has 21 heavy (non-hydrogen) atoms. The van der Waals surface area contributed by atoms with E-state index >= 15 is 0 Å². The average Bonchev–Trinajstić information content (AvgIpc) is 3.06. The van der Waals surface area contributed by atoms with Crippen molar-refractivity contribution in [3.63, 3.8) is 0 Å². The molecule has 4 rings (SSSR count). The van der Waals surface area contributed by atoms with Crippen molar-refractivity contribution in [2.24, 2.45) is 0 Å². The molecule has 0 saturated heterocycles. The van der Waals surface area contributed by atoms with E-state index in [0.29, 0.717) is 22.3 Å². The zero-order valence-electron chi connectivity index (χ0n) is 11.1. The Morgan fingerprint density at radius 1 is 0.619 bits per heavy atom. The minimum Gasteiger partial charge on any atom is -0.324 e. The van der Waals surface area contributed by atoms with Crippen molar-refractivity contribution in [2.45, 2.75) is 0 Å². The molecule has 0 saturated carbocycles. The van der Waals surface area contributed by atoms with Crippen LogP contribution in [0.15, 0.2) is 67.0 Å². The van der Waals surface area contributed by atoms with Crippen LogP contribution in [0.3, 0.4) is 0 Å². The predicted octanol–water partition coefficient (Wildman–Crippen LogP) is 3.25. The Labute approximate surface area is 121 Å². The van der Waals surface area contributed by atoms with E-state index in [-0.39, 0.29) is 11.6 Å². The summed E-state index contributed by atoms with van der Waals surface area (Å²) in [5.74, 6) is -0.173. The maximum Gasteiger partial charge on any atom is 0.194 e. The number of benzene rings is 2. The molecule has 0 radical (unpaired) electrons. The quantitative estimate of drug-likeness (QED) is 0.534. The summed E-state index contributed by atoms with van der Waals surface area (Å²) in [5.41, 5.74) is 2.81. The lowest BCUT2D eigenvalue weighted by molar-refractivity contribution is 0.0979. The molecule has 1 aliphatic carbocycles. The number of carbonyl (C=O) groups excluding carboxylic acids is 2. The summed E-state index contributed by atoms with van der Waals surface area (Å²) in [6.45, 7) is 0. The molecule has 0 amide bonds. The second kappa shape index (κ2) is 4.28. The van der Waals surface area contributed by atoms with Gasteiger partial charge >= 0.3 is 0 Å². The average molecular weight is 273 g/mol. The number of fused-ring (bicyclic) bond motifs is 2. The van der Waals surface area contributed by atoms with Crippen LogP contribution in [-0.2, 0) is 0 Å². The largest absolute Gasteiger partial charge is 0.324 e. The Morgan fingerprint density at radius 2 is 1.19 bits per heavy atom. The number of nitrogens with zero attached hydrogens (tertiary/aromatic N) is 1. The van der Waals surface area contributed by atoms with E-state index in [0.717, 1.165) is 5.69 Å². The maximum absolute atomic E-state index is 12.6. The summed E-state index contributed by atoms with van der Waals surface area (Å²) < 4.78 is 1.92. The first-order valence-electron chi connectivity index (χ1n) is 6.71. The van der Waals surface area contributed by atoms with Crippen molar-refractivity contribution >= 4 is 11.6 Å². The molecule has 3 aromatic rings. The Kier molecular flexibility index (Phi) is 2.42. The van der Waals surface area contributed by atoms with Crippen LogP contribution < -0.4 is 0 Å². The molecule has 2 aromatic carbocycles. The molecule has 0 bridgehead atoms. The molecule has 3 nitrogen and oxygen atoms in total. The van der Waals surface area contributed by atoms with Crippen LogP contribution in [0.25, 0.3) is 5.69 Å². The molecule has 3 heteroatoms. The predicted molar refractivity (Wildman–Crippen MR) is 79.1 cm³/mol. The SMILES string of the molecule is O=C1c2ccccc2C(=O)c2cc(-n3cccc3)ccc21. The number of ketones is 2. The number of aromatic nitrogens is 1. The van der Waals surface area contributed by atoms with Gasteiger partial charge in [-0.15, -0.1) is 0 Å². The van der Waals surface area contributed by atoms with Crippen LogP contribution in [-0.4, -0.2) is 16.1 Å². The molecule has 0 N–H and O–H groups in total. The van der Waals surface area contributed by atoms with Gasteiger partial charge in [-0.3, -0.25) is 9.59 Å². The Hall–Kier alpha value is -2.94. The number of hydrogen-bond donors (Lipinski definition) is 0. The summed E-state index contributed by atoms with van der Waals surface area (Å²) in [4.78, 5) is 25.1. The second-order valence-electron chi connectivity index (χ2n) is 5.02. The van der Waals surface area contributed by atoms with Crippen LogP contribution in [0.1, 0.15) is 31.8 Å². The summed E-state index contributed by atoms with van der Waals surface area (Å²) in [5, 5.41) is 0. The minimum absolute atomic E-state index is 0.0840. The molecular weight excluding hydrogens is 262 g/mol. The van der Waals surface area contributed by atoms with Crippen molar-refractivity contribution in [1.82, 2.24) is 4.57 Å².